The number of hydrogen-bond acceptors (Lipinski definition) is 5. The predicted molar refractivity (Wildman–Crippen MR) is 101 cm³/mol. The average Bonchev–Trinajstić information content (AvgIpc) is 2.59. The Morgan fingerprint density at radius 3 is 2.10 bits per heavy atom. The number of hydrogen-bond donors (Lipinski definition) is 3. The Balaban J connectivity index is 2.41. The van der Waals surface area contributed by atoms with Gasteiger partial charge in [0.1, 0.15) is 4.90 Å². The molecular formula is C17H10Cl2F3NO6S. The van der Waals surface area contributed by atoms with E-state index in [1.54, 1.807) is 0 Å². The number of carbonyl (C=O) groups is 2. The molecule has 160 valence electrons. The van der Waals surface area contributed by atoms with E-state index in [0.29, 0.717) is 18.2 Å². The summed E-state index contributed by atoms with van der Waals surface area (Å²) in [5, 5.41) is 16.2. The lowest BCUT2D eigenvalue weighted by Crippen LogP contribution is -2.15. The molecule has 0 aliphatic rings. The van der Waals surface area contributed by atoms with Crippen molar-refractivity contribution in [2.45, 2.75) is 11.1 Å². The number of ketones is 1. The molecule has 0 atom stereocenters. The first-order chi connectivity index (χ1) is 13.7. The molecule has 0 unspecified atom stereocenters. The number of nitrogens with one attached hydrogen (secondary N) is 1. The van der Waals surface area contributed by atoms with Crippen LogP contribution in [0.5, 0.6) is 0 Å². The van der Waals surface area contributed by atoms with E-state index in [2.05, 4.69) is 0 Å². The minimum atomic E-state index is -4.80. The lowest BCUT2D eigenvalue weighted by molar-refractivity contribution is -0.137. The van der Waals surface area contributed by atoms with Gasteiger partial charge in [-0.25, -0.2) is 13.2 Å². The maximum Gasteiger partial charge on any atom is 0.416 e. The number of aliphatic hydroxyl groups is 1. The average molecular weight is 484 g/mol. The fraction of sp³-hybridized carbons (Fsp3) is 0.0588. The van der Waals surface area contributed by atoms with Crippen molar-refractivity contribution < 1.29 is 41.4 Å². The van der Waals surface area contributed by atoms with Crippen LogP contribution < -0.4 is 4.72 Å². The van der Waals surface area contributed by atoms with Crippen molar-refractivity contribution in [1.29, 1.82) is 0 Å². The summed E-state index contributed by atoms with van der Waals surface area (Å²) in [6.45, 7) is 0. The molecule has 2 rings (SSSR count). The van der Waals surface area contributed by atoms with Crippen molar-refractivity contribution in [1.82, 2.24) is 0 Å². The maximum absolute atomic E-state index is 12.8. The largest absolute Gasteiger partial charge is 0.502 e. The van der Waals surface area contributed by atoms with Gasteiger partial charge >= 0.3 is 12.1 Å². The van der Waals surface area contributed by atoms with E-state index in [0.717, 1.165) is 6.07 Å². The Kier molecular flexibility index (Phi) is 6.70. The number of carboxylic acids is 1. The van der Waals surface area contributed by atoms with Gasteiger partial charge in [0.05, 0.1) is 15.6 Å². The molecule has 0 amide bonds. The number of halogens is 5. The van der Waals surface area contributed by atoms with E-state index in [9.17, 15) is 31.2 Å². The summed E-state index contributed by atoms with van der Waals surface area (Å²) in [4.78, 5) is 21.7. The fourth-order valence-electron chi connectivity index (χ4n) is 2.19. The van der Waals surface area contributed by atoms with Crippen LogP contribution in [0.4, 0.5) is 18.9 Å². The van der Waals surface area contributed by atoms with Gasteiger partial charge in [-0.05, 0) is 24.3 Å². The third-order valence-electron chi connectivity index (χ3n) is 3.48. The SMILES string of the molecule is O=C(O)/C(O)=C\C(=O)c1cccc(NS(=O)(=O)c2c(Cl)cc(C(F)(F)F)cc2Cl)c1. The fourth-order valence-corrected chi connectivity index (χ4v) is 4.46. The van der Waals surface area contributed by atoms with Gasteiger partial charge in [0.15, 0.2) is 5.78 Å². The number of carbonyl (C=O) groups excluding carboxylic acids is 1. The van der Waals surface area contributed by atoms with Gasteiger partial charge < -0.3 is 10.2 Å². The summed E-state index contributed by atoms with van der Waals surface area (Å²) < 4.78 is 65.6. The molecule has 0 radical (unpaired) electrons. The number of alkyl halides is 3. The molecule has 0 spiro atoms. The molecule has 0 saturated heterocycles. The smallest absolute Gasteiger partial charge is 0.416 e. The zero-order valence-electron chi connectivity index (χ0n) is 14.4. The number of rotatable bonds is 6. The highest BCUT2D eigenvalue weighted by molar-refractivity contribution is 7.93. The topological polar surface area (TPSA) is 121 Å². The molecule has 0 saturated carbocycles. The predicted octanol–water partition coefficient (Wildman–Crippen LogP) is 4.52. The van der Waals surface area contributed by atoms with Crippen molar-refractivity contribution in [3.63, 3.8) is 0 Å². The number of aliphatic carboxylic acids is 1. The molecule has 2 aromatic rings. The van der Waals surface area contributed by atoms with Crippen LogP contribution in [0.15, 0.2) is 53.1 Å². The van der Waals surface area contributed by atoms with Crippen LogP contribution in [-0.2, 0) is 21.0 Å². The van der Waals surface area contributed by atoms with Crippen LogP contribution in [0.1, 0.15) is 15.9 Å². The van der Waals surface area contributed by atoms with E-state index in [-0.39, 0.29) is 11.3 Å². The van der Waals surface area contributed by atoms with Crippen molar-refractivity contribution in [2.24, 2.45) is 0 Å². The van der Waals surface area contributed by atoms with E-state index < -0.39 is 54.2 Å². The minimum Gasteiger partial charge on any atom is -0.502 e. The zero-order chi connectivity index (χ0) is 22.9. The van der Waals surface area contributed by atoms with Crippen molar-refractivity contribution in [3.8, 4) is 0 Å². The number of anilines is 1. The zero-order valence-corrected chi connectivity index (χ0v) is 16.7. The van der Waals surface area contributed by atoms with Crippen LogP contribution in [0, 0.1) is 0 Å². The summed E-state index contributed by atoms with van der Waals surface area (Å²) in [6.07, 6.45) is -4.38. The van der Waals surface area contributed by atoms with Crippen molar-refractivity contribution in [3.05, 3.63) is 69.4 Å². The molecule has 3 N–H and O–H groups in total. The van der Waals surface area contributed by atoms with Gasteiger partial charge in [-0.2, -0.15) is 13.2 Å². The van der Waals surface area contributed by atoms with E-state index in [4.69, 9.17) is 33.4 Å². The molecule has 13 heteroatoms. The second-order valence-electron chi connectivity index (χ2n) is 5.65. The van der Waals surface area contributed by atoms with E-state index >= 15 is 0 Å². The number of sulfonamides is 1. The molecule has 0 aliphatic heterocycles. The maximum atomic E-state index is 12.8. The first-order valence-corrected chi connectivity index (χ1v) is 9.83. The first kappa shape index (κ1) is 23.5. The monoisotopic (exact) mass is 483 g/mol. The number of carboxylic acid groups (broad SMARTS) is 1. The quantitative estimate of drug-likeness (QED) is 0.315. The second-order valence-corrected chi connectivity index (χ2v) is 8.09. The van der Waals surface area contributed by atoms with Crippen molar-refractivity contribution in [2.75, 3.05) is 4.72 Å². The van der Waals surface area contributed by atoms with E-state index in [1.165, 1.54) is 18.2 Å². The molecule has 0 aromatic heterocycles. The van der Waals surface area contributed by atoms with Gasteiger partial charge in [0.2, 0.25) is 5.76 Å². The molecule has 0 fully saturated rings. The highest BCUT2D eigenvalue weighted by Gasteiger charge is 2.34. The third-order valence-corrected chi connectivity index (χ3v) is 5.78. The number of benzene rings is 2. The van der Waals surface area contributed by atoms with Gasteiger partial charge in [0.25, 0.3) is 10.0 Å². The van der Waals surface area contributed by atoms with Gasteiger partial charge in [0, 0.05) is 17.3 Å². The molecule has 30 heavy (non-hydrogen) atoms. The Morgan fingerprint density at radius 2 is 1.60 bits per heavy atom. The third kappa shape index (κ3) is 5.43. The minimum absolute atomic E-state index is 0.187. The van der Waals surface area contributed by atoms with Crippen LogP contribution in [0.2, 0.25) is 10.0 Å². The number of allylic oxidation sites excluding steroid dienone is 1. The number of aliphatic hydroxyl groups excluding tert-OH is 1. The first-order valence-electron chi connectivity index (χ1n) is 7.60. The molecule has 0 aliphatic carbocycles. The van der Waals surface area contributed by atoms with Crippen LogP contribution in [0.25, 0.3) is 0 Å². The van der Waals surface area contributed by atoms with Crippen LogP contribution >= 0.6 is 23.2 Å². The Bertz CT molecular complexity index is 1140. The Labute approximate surface area is 177 Å². The Hall–Kier alpha value is -2.76. The van der Waals surface area contributed by atoms with Gasteiger partial charge in [-0.1, -0.05) is 35.3 Å². The van der Waals surface area contributed by atoms with Crippen molar-refractivity contribution >= 4 is 50.7 Å². The molecular weight excluding hydrogens is 474 g/mol. The summed E-state index contributed by atoms with van der Waals surface area (Å²) in [5.74, 6) is -3.91. The van der Waals surface area contributed by atoms with E-state index in [1.807, 2.05) is 4.72 Å². The second kappa shape index (κ2) is 8.54. The standard InChI is InChI=1S/C17H10Cl2F3NO6S/c18-11-5-9(17(20,21)22)6-12(19)15(11)30(28,29)23-10-3-1-2-8(4-10)13(24)7-14(25)16(26)27/h1-7,23,25H,(H,26,27)/b14-7+. The summed E-state index contributed by atoms with van der Waals surface area (Å²) in [7, 11) is -4.57. The lowest BCUT2D eigenvalue weighted by atomic mass is 10.1. The van der Waals surface area contributed by atoms with Crippen LogP contribution in [0.3, 0.4) is 0 Å². The van der Waals surface area contributed by atoms with Gasteiger partial charge in [-0.3, -0.25) is 9.52 Å². The lowest BCUT2D eigenvalue weighted by Gasteiger charge is -2.14. The Morgan fingerprint density at radius 1 is 1.03 bits per heavy atom. The molecule has 7 nitrogen and oxygen atoms in total. The molecule has 0 heterocycles. The highest BCUT2D eigenvalue weighted by atomic mass is 35.5. The molecule has 0 bridgehead atoms. The summed E-state index contributed by atoms with van der Waals surface area (Å²) in [6, 6.07) is 5.48. The molecule has 2 aromatic carbocycles. The normalized spacial score (nSPS) is 12.5. The summed E-state index contributed by atoms with van der Waals surface area (Å²) >= 11 is 11.4. The highest BCUT2D eigenvalue weighted by Crippen LogP contribution is 2.38. The summed E-state index contributed by atoms with van der Waals surface area (Å²) in [5.41, 5.74) is -1.63. The van der Waals surface area contributed by atoms with Crippen LogP contribution in [-0.4, -0.2) is 30.4 Å². The van der Waals surface area contributed by atoms with Gasteiger partial charge in [-0.15, -0.1) is 0 Å².